The summed E-state index contributed by atoms with van der Waals surface area (Å²) < 4.78 is 29.4. The molecule has 2 unspecified atom stereocenters. The fourth-order valence-corrected chi connectivity index (χ4v) is 7.00. The van der Waals surface area contributed by atoms with E-state index < -0.39 is 28.5 Å². The molecule has 248 valence electrons. The van der Waals surface area contributed by atoms with Gasteiger partial charge in [0, 0.05) is 29.1 Å². The summed E-state index contributed by atoms with van der Waals surface area (Å²) >= 11 is 25.2. The molecule has 0 aliphatic carbocycles. The van der Waals surface area contributed by atoms with Crippen molar-refractivity contribution < 1.29 is 18.0 Å². The van der Waals surface area contributed by atoms with E-state index in [1.807, 2.05) is 51.1 Å². The smallest absolute Gasteiger partial charge is 0.264 e. The highest BCUT2D eigenvalue weighted by Gasteiger charge is 2.35. The zero-order valence-corrected chi connectivity index (χ0v) is 29.9. The fourth-order valence-electron chi connectivity index (χ4n) is 4.83. The molecule has 0 spiro atoms. The van der Waals surface area contributed by atoms with E-state index in [2.05, 4.69) is 5.32 Å². The lowest BCUT2D eigenvalue weighted by Crippen LogP contribution is -2.54. The monoisotopic (exact) mass is 733 g/mol. The van der Waals surface area contributed by atoms with Gasteiger partial charge in [-0.2, -0.15) is 0 Å². The Morgan fingerprint density at radius 2 is 1.51 bits per heavy atom. The Kier molecular flexibility index (Phi) is 12.6. The van der Waals surface area contributed by atoms with Crippen LogP contribution < -0.4 is 9.62 Å². The number of carbonyl (C=O) groups excluding carboxylic acids is 2. The maximum atomic E-state index is 14.6. The molecule has 0 bridgehead atoms. The molecule has 0 fully saturated rings. The third kappa shape index (κ3) is 9.42. The largest absolute Gasteiger partial charge is 0.352 e. The lowest BCUT2D eigenvalue weighted by Gasteiger charge is -2.34. The second-order valence-electron chi connectivity index (χ2n) is 11.2. The fraction of sp³-hybridized carbons (Fsp3) is 0.257. The van der Waals surface area contributed by atoms with Crippen molar-refractivity contribution in [3.63, 3.8) is 0 Å². The summed E-state index contributed by atoms with van der Waals surface area (Å²) in [6, 6.07) is 23.6. The van der Waals surface area contributed by atoms with Crippen LogP contribution in [0, 0.1) is 6.92 Å². The number of hydrogen-bond acceptors (Lipinski definition) is 4. The molecule has 0 heterocycles. The predicted octanol–water partition coefficient (Wildman–Crippen LogP) is 8.36. The summed E-state index contributed by atoms with van der Waals surface area (Å²) in [4.78, 5) is 29.9. The third-order valence-electron chi connectivity index (χ3n) is 7.71. The molecule has 0 saturated heterocycles. The molecular weight excluding hydrogens is 700 g/mol. The van der Waals surface area contributed by atoms with E-state index in [1.54, 1.807) is 30.3 Å². The molecule has 12 heteroatoms. The minimum atomic E-state index is -4.30. The van der Waals surface area contributed by atoms with E-state index in [9.17, 15) is 18.0 Å². The van der Waals surface area contributed by atoms with Crippen molar-refractivity contribution in [2.45, 2.75) is 57.1 Å². The summed E-state index contributed by atoms with van der Waals surface area (Å²) in [5, 5.41) is 4.04. The maximum absolute atomic E-state index is 14.6. The summed E-state index contributed by atoms with van der Waals surface area (Å²) in [6.07, 6.45) is 0.832. The first-order valence-electron chi connectivity index (χ1n) is 14.9. The average molecular weight is 736 g/mol. The first-order chi connectivity index (χ1) is 22.3. The Hall–Kier alpha value is -3.27. The molecule has 0 aliphatic heterocycles. The molecule has 1 N–H and O–H groups in total. The molecule has 4 aromatic carbocycles. The molecule has 0 radical (unpaired) electrons. The summed E-state index contributed by atoms with van der Waals surface area (Å²) in [5.74, 6) is -1.03. The number of benzene rings is 4. The van der Waals surface area contributed by atoms with Crippen LogP contribution in [0.25, 0.3) is 0 Å². The van der Waals surface area contributed by atoms with Crippen LogP contribution >= 0.6 is 46.4 Å². The second kappa shape index (κ2) is 16.2. The molecule has 0 aliphatic rings. The van der Waals surface area contributed by atoms with Gasteiger partial charge in [0.15, 0.2) is 0 Å². The van der Waals surface area contributed by atoms with Gasteiger partial charge in [0.25, 0.3) is 10.0 Å². The Morgan fingerprint density at radius 3 is 2.13 bits per heavy atom. The van der Waals surface area contributed by atoms with Crippen LogP contribution in [0.3, 0.4) is 0 Å². The zero-order chi connectivity index (χ0) is 34.3. The summed E-state index contributed by atoms with van der Waals surface area (Å²) in [5.41, 5.74) is 2.33. The molecule has 4 rings (SSSR count). The molecule has 4 aromatic rings. The van der Waals surface area contributed by atoms with Crippen molar-refractivity contribution >= 4 is 73.9 Å². The highest BCUT2D eigenvalue weighted by Crippen LogP contribution is 2.31. The van der Waals surface area contributed by atoms with Gasteiger partial charge in [-0.25, -0.2) is 8.42 Å². The number of anilines is 1. The normalized spacial score (nSPS) is 12.7. The van der Waals surface area contributed by atoms with Crippen LogP contribution in [0.4, 0.5) is 5.69 Å². The van der Waals surface area contributed by atoms with Gasteiger partial charge in [0.1, 0.15) is 12.6 Å². The molecular formula is C35H35Cl4N3O4S. The highest BCUT2D eigenvalue weighted by atomic mass is 35.5. The molecule has 47 heavy (non-hydrogen) atoms. The molecule has 7 nitrogen and oxygen atoms in total. The van der Waals surface area contributed by atoms with E-state index in [0.717, 1.165) is 15.4 Å². The van der Waals surface area contributed by atoms with E-state index in [1.165, 1.54) is 35.2 Å². The number of sulfonamides is 1. The molecule has 2 amide bonds. The van der Waals surface area contributed by atoms with Gasteiger partial charge in [-0.05, 0) is 73.9 Å². The van der Waals surface area contributed by atoms with Crippen molar-refractivity contribution in [1.82, 2.24) is 10.2 Å². The van der Waals surface area contributed by atoms with Gasteiger partial charge in [-0.1, -0.05) is 107 Å². The number of carbonyl (C=O) groups is 2. The number of rotatable bonds is 13. The Morgan fingerprint density at radius 1 is 0.830 bits per heavy atom. The van der Waals surface area contributed by atoms with Crippen LogP contribution in [-0.2, 0) is 32.6 Å². The van der Waals surface area contributed by atoms with Crippen LogP contribution in [0.1, 0.15) is 37.0 Å². The van der Waals surface area contributed by atoms with E-state index in [0.29, 0.717) is 22.0 Å². The van der Waals surface area contributed by atoms with Crippen molar-refractivity contribution in [3.8, 4) is 0 Å². The first kappa shape index (κ1) is 36.6. The Labute approximate surface area is 296 Å². The number of amides is 2. The SMILES string of the molecule is CCC(C)NC(=O)C(Cc1ccccc1)N(Cc1ccc(Cl)cc1Cl)C(=O)CN(c1ccc(Cl)c(Cl)c1)S(=O)(=O)c1ccc(C)cc1. The van der Waals surface area contributed by atoms with Gasteiger partial charge in [0.2, 0.25) is 11.8 Å². The quantitative estimate of drug-likeness (QED) is 0.150. The zero-order valence-electron chi connectivity index (χ0n) is 26.1. The maximum Gasteiger partial charge on any atom is 0.264 e. The predicted molar refractivity (Wildman–Crippen MR) is 191 cm³/mol. The summed E-state index contributed by atoms with van der Waals surface area (Å²) in [7, 11) is -4.30. The first-order valence-corrected chi connectivity index (χ1v) is 17.9. The Balaban J connectivity index is 1.85. The molecule has 2 atom stereocenters. The van der Waals surface area contributed by atoms with Crippen LogP contribution in [0.15, 0.2) is 95.9 Å². The van der Waals surface area contributed by atoms with Crippen molar-refractivity contribution in [2.24, 2.45) is 0 Å². The van der Waals surface area contributed by atoms with Gasteiger partial charge in [-0.15, -0.1) is 0 Å². The summed E-state index contributed by atoms with van der Waals surface area (Å²) in [6.45, 7) is 4.91. The highest BCUT2D eigenvalue weighted by molar-refractivity contribution is 7.92. The number of nitrogens with zero attached hydrogens (tertiary/aromatic N) is 2. The van der Waals surface area contributed by atoms with Crippen molar-refractivity contribution in [3.05, 3.63) is 128 Å². The van der Waals surface area contributed by atoms with Gasteiger partial charge in [0.05, 0.1) is 20.6 Å². The van der Waals surface area contributed by atoms with Gasteiger partial charge in [-0.3, -0.25) is 13.9 Å². The topological polar surface area (TPSA) is 86.8 Å². The lowest BCUT2D eigenvalue weighted by molar-refractivity contribution is -0.140. The standard InChI is InChI=1S/C35H35Cl4N3O4S/c1-4-24(3)40-35(44)33(18-25-8-6-5-7-9-25)41(21-26-12-13-27(36)19-31(26)38)34(43)22-42(28-14-17-30(37)32(39)20-28)47(45,46)29-15-10-23(2)11-16-29/h5-17,19-20,24,33H,4,18,21-22H2,1-3H3,(H,40,44). The van der Waals surface area contributed by atoms with Gasteiger partial charge < -0.3 is 10.2 Å². The molecule has 0 aromatic heterocycles. The second-order valence-corrected chi connectivity index (χ2v) is 14.7. The average Bonchev–Trinajstić information content (AvgIpc) is 3.04. The van der Waals surface area contributed by atoms with Gasteiger partial charge >= 0.3 is 0 Å². The van der Waals surface area contributed by atoms with E-state index in [4.69, 9.17) is 46.4 Å². The van der Waals surface area contributed by atoms with Crippen LogP contribution in [0.2, 0.25) is 20.1 Å². The number of hydrogen-bond donors (Lipinski definition) is 1. The van der Waals surface area contributed by atoms with E-state index >= 15 is 0 Å². The third-order valence-corrected chi connectivity index (χ3v) is 10.8. The Bertz CT molecular complexity index is 1820. The minimum absolute atomic E-state index is 0.0235. The number of nitrogens with one attached hydrogen (secondary N) is 1. The van der Waals surface area contributed by atoms with Crippen LogP contribution in [0.5, 0.6) is 0 Å². The lowest BCUT2D eigenvalue weighted by atomic mass is 10.0. The minimum Gasteiger partial charge on any atom is -0.352 e. The van der Waals surface area contributed by atoms with Crippen molar-refractivity contribution in [2.75, 3.05) is 10.8 Å². The van der Waals surface area contributed by atoms with E-state index in [-0.39, 0.29) is 45.5 Å². The van der Waals surface area contributed by atoms with Crippen molar-refractivity contribution in [1.29, 1.82) is 0 Å². The molecule has 0 saturated carbocycles. The number of halogens is 4. The van der Waals surface area contributed by atoms with Crippen LogP contribution in [-0.4, -0.2) is 43.8 Å². The number of aryl methyl sites for hydroxylation is 1.